The largest absolute Gasteiger partial charge is 0.256 e. The molecule has 176 valence electrons. The summed E-state index contributed by atoms with van der Waals surface area (Å²) in [5.41, 5.74) is 12.8. The molecule has 1 aliphatic rings. The van der Waals surface area contributed by atoms with E-state index in [4.69, 9.17) is 9.97 Å². The highest BCUT2D eigenvalue weighted by Crippen LogP contribution is 2.53. The van der Waals surface area contributed by atoms with Gasteiger partial charge in [0.2, 0.25) is 0 Å². The van der Waals surface area contributed by atoms with Crippen LogP contribution in [0.5, 0.6) is 0 Å². The molecule has 7 rings (SSSR count). The van der Waals surface area contributed by atoms with E-state index in [2.05, 4.69) is 111 Å². The molecule has 2 heterocycles. The van der Waals surface area contributed by atoms with E-state index < -0.39 is 0 Å². The lowest BCUT2D eigenvalue weighted by molar-refractivity contribution is 0.662. The summed E-state index contributed by atoms with van der Waals surface area (Å²) in [5.74, 6) is 0. The Labute approximate surface area is 217 Å². The molecule has 2 heteroatoms. The molecule has 0 N–H and O–H groups in total. The number of hydrogen-bond acceptors (Lipinski definition) is 2. The number of nitrogens with zero attached hydrogens (tertiary/aromatic N) is 2. The third-order valence-corrected chi connectivity index (χ3v) is 7.71. The van der Waals surface area contributed by atoms with Gasteiger partial charge in [0.05, 0.1) is 16.9 Å². The fraction of sp³-hybridized carbons (Fsp3) is 0.0857. The lowest BCUT2D eigenvalue weighted by Gasteiger charge is -2.25. The van der Waals surface area contributed by atoms with Gasteiger partial charge in [-0.05, 0) is 39.9 Å². The van der Waals surface area contributed by atoms with Gasteiger partial charge in [-0.1, -0.05) is 117 Å². The number of aromatic nitrogens is 2. The van der Waals surface area contributed by atoms with Gasteiger partial charge >= 0.3 is 0 Å². The van der Waals surface area contributed by atoms with Crippen LogP contribution < -0.4 is 0 Å². The summed E-state index contributed by atoms with van der Waals surface area (Å²) in [6, 6.07) is 40.7. The smallest absolute Gasteiger partial charge is 0.0759 e. The van der Waals surface area contributed by atoms with Crippen molar-refractivity contribution in [2.45, 2.75) is 19.3 Å². The van der Waals surface area contributed by atoms with Crippen LogP contribution in [0.2, 0.25) is 0 Å². The number of para-hydroxylation sites is 1. The minimum absolute atomic E-state index is 0.131. The first kappa shape index (κ1) is 21.7. The van der Waals surface area contributed by atoms with Gasteiger partial charge in [0, 0.05) is 33.7 Å². The van der Waals surface area contributed by atoms with E-state index in [1.165, 1.54) is 33.2 Å². The van der Waals surface area contributed by atoms with Crippen LogP contribution >= 0.6 is 0 Å². The van der Waals surface area contributed by atoms with Crippen molar-refractivity contribution >= 4 is 10.9 Å². The molecule has 1 aliphatic carbocycles. The molecule has 0 unspecified atom stereocenters. The van der Waals surface area contributed by atoms with Gasteiger partial charge in [-0.25, -0.2) is 4.98 Å². The zero-order valence-corrected chi connectivity index (χ0v) is 20.9. The molecule has 0 aliphatic heterocycles. The van der Waals surface area contributed by atoms with Gasteiger partial charge in [-0.15, -0.1) is 0 Å². The van der Waals surface area contributed by atoms with E-state index in [9.17, 15) is 0 Å². The molecule has 2 nitrogen and oxygen atoms in total. The van der Waals surface area contributed by atoms with Gasteiger partial charge in [0.25, 0.3) is 0 Å². The second-order valence-electron chi connectivity index (χ2n) is 10.3. The zero-order chi connectivity index (χ0) is 25.0. The highest BCUT2D eigenvalue weighted by Gasteiger charge is 2.39. The van der Waals surface area contributed by atoms with Crippen molar-refractivity contribution in [1.82, 2.24) is 9.97 Å². The van der Waals surface area contributed by atoms with Crippen LogP contribution in [0.1, 0.15) is 25.0 Å². The first-order valence-electron chi connectivity index (χ1n) is 12.8. The van der Waals surface area contributed by atoms with E-state index in [1.807, 2.05) is 24.4 Å². The molecule has 0 saturated heterocycles. The molecular formula is C35H26N2. The summed E-state index contributed by atoms with van der Waals surface area (Å²) in [4.78, 5) is 9.90. The number of pyridine rings is 2. The van der Waals surface area contributed by atoms with E-state index in [-0.39, 0.29) is 5.41 Å². The second-order valence-corrected chi connectivity index (χ2v) is 10.3. The molecule has 0 atom stereocenters. The van der Waals surface area contributed by atoms with Crippen LogP contribution in [0.4, 0.5) is 0 Å². The molecule has 0 bridgehead atoms. The summed E-state index contributed by atoms with van der Waals surface area (Å²) in [7, 11) is 0. The van der Waals surface area contributed by atoms with Gasteiger partial charge < -0.3 is 0 Å². The maximum absolute atomic E-state index is 5.17. The first-order chi connectivity index (χ1) is 18.1. The van der Waals surface area contributed by atoms with Crippen molar-refractivity contribution in [2.75, 3.05) is 0 Å². The Balaban J connectivity index is 1.35. The van der Waals surface area contributed by atoms with Crippen molar-refractivity contribution in [1.29, 1.82) is 0 Å². The highest BCUT2D eigenvalue weighted by molar-refractivity contribution is 6.02. The highest BCUT2D eigenvalue weighted by atomic mass is 14.7. The van der Waals surface area contributed by atoms with E-state index in [0.717, 1.165) is 33.6 Å². The van der Waals surface area contributed by atoms with Gasteiger partial charge in [0.1, 0.15) is 0 Å². The number of rotatable bonds is 3. The minimum Gasteiger partial charge on any atom is -0.256 e. The number of hydrogen-bond donors (Lipinski definition) is 0. The third kappa shape index (κ3) is 3.41. The average Bonchev–Trinajstić information content (AvgIpc) is 3.19. The van der Waals surface area contributed by atoms with E-state index in [0.29, 0.717) is 0 Å². The van der Waals surface area contributed by atoms with Crippen molar-refractivity contribution in [3.63, 3.8) is 0 Å². The van der Waals surface area contributed by atoms with E-state index >= 15 is 0 Å². The third-order valence-electron chi connectivity index (χ3n) is 7.71. The Morgan fingerprint density at radius 2 is 1.24 bits per heavy atom. The lowest BCUT2D eigenvalue weighted by Crippen LogP contribution is -2.16. The second kappa shape index (κ2) is 8.25. The van der Waals surface area contributed by atoms with Crippen LogP contribution in [-0.4, -0.2) is 9.97 Å². The van der Waals surface area contributed by atoms with Crippen molar-refractivity contribution < 1.29 is 0 Å². The minimum atomic E-state index is -0.131. The monoisotopic (exact) mass is 474 g/mol. The molecule has 6 aromatic rings. The quantitative estimate of drug-likeness (QED) is 0.256. The summed E-state index contributed by atoms with van der Waals surface area (Å²) >= 11 is 0. The summed E-state index contributed by atoms with van der Waals surface area (Å²) < 4.78 is 0. The Kier molecular flexibility index (Phi) is 4.84. The average molecular weight is 475 g/mol. The lowest BCUT2D eigenvalue weighted by atomic mass is 9.78. The normalized spacial score (nSPS) is 13.4. The Morgan fingerprint density at radius 1 is 0.568 bits per heavy atom. The molecule has 37 heavy (non-hydrogen) atoms. The van der Waals surface area contributed by atoms with Crippen LogP contribution in [0.3, 0.4) is 0 Å². The Bertz CT molecular complexity index is 1760. The first-order valence-corrected chi connectivity index (χ1v) is 12.8. The maximum Gasteiger partial charge on any atom is 0.0759 e. The number of benzene rings is 4. The molecular weight excluding hydrogens is 448 g/mol. The summed E-state index contributed by atoms with van der Waals surface area (Å²) in [5, 5.41) is 1.20. The van der Waals surface area contributed by atoms with Crippen LogP contribution in [0, 0.1) is 0 Å². The maximum atomic E-state index is 5.17. The molecule has 0 saturated carbocycles. The van der Waals surface area contributed by atoms with Crippen LogP contribution in [0.25, 0.3) is 55.7 Å². The predicted molar refractivity (Wildman–Crippen MR) is 153 cm³/mol. The van der Waals surface area contributed by atoms with Gasteiger partial charge in [-0.3, -0.25) is 4.98 Å². The van der Waals surface area contributed by atoms with Crippen molar-refractivity contribution in [2.24, 2.45) is 0 Å². The van der Waals surface area contributed by atoms with Gasteiger partial charge in [0.15, 0.2) is 0 Å². The number of fused-ring (bicyclic) bond motifs is 4. The van der Waals surface area contributed by atoms with Crippen LogP contribution in [0.15, 0.2) is 121 Å². The predicted octanol–water partition coefficient (Wildman–Crippen LogP) is 8.94. The molecule has 4 aromatic carbocycles. The molecule has 0 spiro atoms. The standard InChI is InChI=1S/C35H26N2/c1-35(2)29-14-8-6-12-27(29)34-33(35)32(28-13-7-9-15-31(28)37-34)25-18-16-23(17-19-25)26-20-21-30(36-22-26)24-10-4-3-5-11-24/h3-22H,1-2H3. The Morgan fingerprint density at radius 3 is 2.03 bits per heavy atom. The molecule has 0 amide bonds. The van der Waals surface area contributed by atoms with E-state index in [1.54, 1.807) is 0 Å². The fourth-order valence-corrected chi connectivity index (χ4v) is 5.86. The molecule has 2 aromatic heterocycles. The fourth-order valence-electron chi connectivity index (χ4n) is 5.86. The summed E-state index contributed by atoms with van der Waals surface area (Å²) in [6.07, 6.45) is 1.97. The topological polar surface area (TPSA) is 25.8 Å². The molecule has 0 radical (unpaired) electrons. The van der Waals surface area contributed by atoms with Crippen molar-refractivity contribution in [3.05, 3.63) is 133 Å². The van der Waals surface area contributed by atoms with Crippen molar-refractivity contribution in [3.8, 4) is 44.8 Å². The summed E-state index contributed by atoms with van der Waals surface area (Å²) in [6.45, 7) is 4.65. The SMILES string of the molecule is CC1(C)c2ccccc2-c2nc3ccccc3c(-c3ccc(-c4ccc(-c5ccccc5)nc4)cc3)c21. The molecule has 0 fully saturated rings. The van der Waals surface area contributed by atoms with Gasteiger partial charge in [-0.2, -0.15) is 0 Å². The zero-order valence-electron chi connectivity index (χ0n) is 20.9. The Hall–Kier alpha value is -4.56. The van der Waals surface area contributed by atoms with Crippen LogP contribution in [-0.2, 0) is 5.41 Å².